The Morgan fingerprint density at radius 3 is 2.79 bits per heavy atom. The van der Waals surface area contributed by atoms with E-state index < -0.39 is 0 Å². The normalized spacial score (nSPS) is 14.1. The van der Waals surface area contributed by atoms with Gasteiger partial charge in [-0.15, -0.1) is 0 Å². The van der Waals surface area contributed by atoms with E-state index in [9.17, 15) is 4.79 Å². The first-order valence-electron chi connectivity index (χ1n) is 8.64. The summed E-state index contributed by atoms with van der Waals surface area (Å²) in [5.41, 5.74) is 6.29. The third-order valence-electron chi connectivity index (χ3n) is 4.91. The summed E-state index contributed by atoms with van der Waals surface area (Å²) in [5.74, 6) is 0.680. The van der Waals surface area contributed by atoms with Crippen LogP contribution < -0.4 is 10.1 Å². The highest BCUT2D eigenvalue weighted by Crippen LogP contribution is 2.25. The molecule has 1 amide bonds. The molecule has 1 aliphatic rings. The van der Waals surface area contributed by atoms with Gasteiger partial charge >= 0.3 is 0 Å². The van der Waals surface area contributed by atoms with Crippen molar-refractivity contribution in [3.05, 3.63) is 64.2 Å². The number of amides is 1. The Bertz CT molecular complexity index is 751. The van der Waals surface area contributed by atoms with E-state index >= 15 is 0 Å². The molecular weight excluding hydrogens is 298 g/mol. The smallest absolute Gasteiger partial charge is 0.258 e. The van der Waals surface area contributed by atoms with Crippen LogP contribution in [0.5, 0.6) is 5.75 Å². The molecule has 0 fully saturated rings. The molecule has 2 aromatic carbocycles. The van der Waals surface area contributed by atoms with Crippen LogP contribution in [0.15, 0.2) is 36.4 Å². The molecule has 3 nitrogen and oxygen atoms in total. The maximum atomic E-state index is 12.2. The number of ether oxygens (including phenoxy) is 1. The second kappa shape index (κ2) is 7.08. The van der Waals surface area contributed by atoms with E-state index in [1.54, 1.807) is 0 Å². The fraction of sp³-hybridized carbons (Fsp3) is 0.381. The molecule has 0 unspecified atom stereocenters. The molecule has 2 aromatic rings. The van der Waals surface area contributed by atoms with Gasteiger partial charge in [0.1, 0.15) is 5.75 Å². The molecule has 0 heterocycles. The van der Waals surface area contributed by atoms with Gasteiger partial charge in [0.15, 0.2) is 6.61 Å². The number of carbonyl (C=O) groups excluding carboxylic acids is 1. The van der Waals surface area contributed by atoms with Crippen LogP contribution in [0.3, 0.4) is 0 Å². The average molecular weight is 323 g/mol. The van der Waals surface area contributed by atoms with Crippen molar-refractivity contribution in [2.45, 2.75) is 46.1 Å². The molecule has 0 aromatic heterocycles. The fourth-order valence-electron chi connectivity index (χ4n) is 3.25. The summed E-state index contributed by atoms with van der Waals surface area (Å²) in [6, 6.07) is 12.4. The van der Waals surface area contributed by atoms with Gasteiger partial charge in [-0.1, -0.05) is 30.3 Å². The first-order valence-corrected chi connectivity index (χ1v) is 8.64. The Morgan fingerprint density at radius 1 is 1.17 bits per heavy atom. The number of aryl methyl sites for hydroxylation is 3. The number of rotatable bonds is 5. The van der Waals surface area contributed by atoms with Gasteiger partial charge < -0.3 is 10.1 Å². The highest BCUT2D eigenvalue weighted by Gasteiger charge is 2.15. The summed E-state index contributed by atoms with van der Waals surface area (Å²) >= 11 is 0. The molecule has 1 aliphatic carbocycles. The van der Waals surface area contributed by atoms with Gasteiger partial charge in [-0.25, -0.2) is 0 Å². The SMILES string of the molecule is Cc1cccc(OCC(=O)N[C@@H](C)c2ccc3c(c2)CCC3)c1C. The van der Waals surface area contributed by atoms with Gasteiger partial charge in [-0.3, -0.25) is 4.79 Å². The number of fused-ring (bicyclic) bond motifs is 1. The maximum Gasteiger partial charge on any atom is 0.258 e. The van der Waals surface area contributed by atoms with Gasteiger partial charge in [-0.05, 0) is 73.9 Å². The minimum atomic E-state index is -0.0936. The van der Waals surface area contributed by atoms with E-state index in [4.69, 9.17) is 4.74 Å². The van der Waals surface area contributed by atoms with Gasteiger partial charge in [0.05, 0.1) is 6.04 Å². The van der Waals surface area contributed by atoms with Crippen LogP contribution in [0.1, 0.15) is 47.2 Å². The topological polar surface area (TPSA) is 38.3 Å². The van der Waals surface area contributed by atoms with Crippen LogP contribution in [-0.2, 0) is 17.6 Å². The van der Waals surface area contributed by atoms with E-state index in [-0.39, 0.29) is 18.6 Å². The largest absolute Gasteiger partial charge is 0.483 e. The molecule has 0 radical (unpaired) electrons. The number of benzene rings is 2. The molecule has 3 rings (SSSR count). The predicted molar refractivity (Wildman–Crippen MR) is 96.4 cm³/mol. The number of carbonyl (C=O) groups is 1. The molecular formula is C21H25NO2. The monoisotopic (exact) mass is 323 g/mol. The van der Waals surface area contributed by atoms with Crippen LogP contribution in [0, 0.1) is 13.8 Å². The van der Waals surface area contributed by atoms with Crippen molar-refractivity contribution in [3.63, 3.8) is 0 Å². The van der Waals surface area contributed by atoms with E-state index in [1.165, 1.54) is 29.5 Å². The Labute approximate surface area is 144 Å². The molecule has 24 heavy (non-hydrogen) atoms. The minimum Gasteiger partial charge on any atom is -0.483 e. The van der Waals surface area contributed by atoms with Crippen LogP contribution in [-0.4, -0.2) is 12.5 Å². The summed E-state index contributed by atoms with van der Waals surface area (Å²) in [6.07, 6.45) is 3.57. The predicted octanol–water partition coefficient (Wildman–Crippen LogP) is 4.05. The van der Waals surface area contributed by atoms with E-state index in [2.05, 4.69) is 23.5 Å². The molecule has 126 valence electrons. The van der Waals surface area contributed by atoms with Crippen molar-refractivity contribution in [3.8, 4) is 5.75 Å². The van der Waals surface area contributed by atoms with Crippen molar-refractivity contribution in [2.75, 3.05) is 6.61 Å². The van der Waals surface area contributed by atoms with Gasteiger partial charge in [0, 0.05) is 0 Å². The fourth-order valence-corrected chi connectivity index (χ4v) is 3.25. The maximum absolute atomic E-state index is 12.2. The summed E-state index contributed by atoms with van der Waals surface area (Å²) in [6.45, 7) is 6.11. The number of hydrogen-bond acceptors (Lipinski definition) is 2. The van der Waals surface area contributed by atoms with Crippen molar-refractivity contribution in [1.29, 1.82) is 0 Å². The highest BCUT2D eigenvalue weighted by molar-refractivity contribution is 5.78. The zero-order valence-corrected chi connectivity index (χ0v) is 14.7. The van der Waals surface area contributed by atoms with E-state index in [0.717, 1.165) is 23.3 Å². The lowest BCUT2D eigenvalue weighted by Gasteiger charge is -2.16. The van der Waals surface area contributed by atoms with E-state index in [1.807, 2.05) is 39.0 Å². The lowest BCUT2D eigenvalue weighted by molar-refractivity contribution is -0.123. The molecule has 0 spiro atoms. The summed E-state index contributed by atoms with van der Waals surface area (Å²) < 4.78 is 5.68. The molecule has 0 bridgehead atoms. The van der Waals surface area contributed by atoms with Crippen molar-refractivity contribution >= 4 is 5.91 Å². The second-order valence-corrected chi connectivity index (χ2v) is 6.66. The number of nitrogens with one attached hydrogen (secondary N) is 1. The Morgan fingerprint density at radius 2 is 1.96 bits per heavy atom. The third-order valence-corrected chi connectivity index (χ3v) is 4.91. The van der Waals surface area contributed by atoms with Gasteiger partial charge in [-0.2, -0.15) is 0 Å². The Kier molecular flexibility index (Phi) is 4.89. The lowest BCUT2D eigenvalue weighted by atomic mass is 10.0. The van der Waals surface area contributed by atoms with Crippen LogP contribution in [0.2, 0.25) is 0 Å². The van der Waals surface area contributed by atoms with Crippen molar-refractivity contribution in [1.82, 2.24) is 5.32 Å². The van der Waals surface area contributed by atoms with Gasteiger partial charge in [0.25, 0.3) is 5.91 Å². The van der Waals surface area contributed by atoms with Gasteiger partial charge in [0.2, 0.25) is 0 Å². The zero-order valence-electron chi connectivity index (χ0n) is 14.7. The first kappa shape index (κ1) is 16.6. The van der Waals surface area contributed by atoms with Crippen LogP contribution in [0.4, 0.5) is 0 Å². The average Bonchev–Trinajstić information content (AvgIpc) is 3.03. The molecule has 1 N–H and O–H groups in total. The number of hydrogen-bond donors (Lipinski definition) is 1. The second-order valence-electron chi connectivity index (χ2n) is 6.66. The molecule has 0 saturated carbocycles. The molecule has 0 aliphatic heterocycles. The van der Waals surface area contributed by atoms with Crippen LogP contribution in [0.25, 0.3) is 0 Å². The summed E-state index contributed by atoms with van der Waals surface area (Å²) in [5, 5.41) is 3.03. The van der Waals surface area contributed by atoms with Crippen LogP contribution >= 0.6 is 0 Å². The molecule has 1 atom stereocenters. The van der Waals surface area contributed by atoms with E-state index in [0.29, 0.717) is 0 Å². The molecule has 3 heteroatoms. The van der Waals surface area contributed by atoms with Crippen molar-refractivity contribution in [2.24, 2.45) is 0 Å². The molecule has 0 saturated heterocycles. The lowest BCUT2D eigenvalue weighted by Crippen LogP contribution is -2.31. The first-order chi connectivity index (χ1) is 11.5. The summed E-state index contributed by atoms with van der Waals surface area (Å²) in [7, 11) is 0. The Balaban J connectivity index is 1.57. The van der Waals surface area contributed by atoms with Crippen molar-refractivity contribution < 1.29 is 9.53 Å². The Hall–Kier alpha value is -2.29. The quantitative estimate of drug-likeness (QED) is 0.901. The third kappa shape index (κ3) is 3.61. The zero-order chi connectivity index (χ0) is 17.1. The minimum absolute atomic E-state index is 0.00870. The summed E-state index contributed by atoms with van der Waals surface area (Å²) in [4.78, 5) is 12.2. The highest BCUT2D eigenvalue weighted by atomic mass is 16.5. The standard InChI is InChI=1S/C21H25NO2/c1-14-6-4-9-20(15(14)2)24-13-21(23)22-16(3)18-11-10-17-7-5-8-19(17)12-18/h4,6,9-12,16H,5,7-8,13H2,1-3H3,(H,22,23)/t16-/m0/s1.